The van der Waals surface area contributed by atoms with Crippen LogP contribution < -0.4 is 5.32 Å². The van der Waals surface area contributed by atoms with Crippen LogP contribution in [0.1, 0.15) is 94.9 Å². The number of hydrogen-bond donors (Lipinski definition) is 2. The van der Waals surface area contributed by atoms with E-state index < -0.39 is 96.2 Å². The standard InChI is InChI=1S/C60H76N4O13/c1-8-9-32-47(62(6)53(65)50(37-43-26-16-11-17-27-43)75-57(70)46(61-5)36-42-24-14-10-15-25-42)58(71)76-51(38-44-28-18-12-19-29-44)54(66)63(7)49(35-40(2)3)60(73)77-52(39-45-30-20-13-21-31-45)55(67)64-34-23-22-33-48(64)59(72)74-41(4)56(68)69/h10-21,24-31,40-41,46-52,61H,8-9,22-23,32-39H2,1-7H3,(H,68,69)/t41-,46+,47+,48+,49+,50-,51-,52-/m1/s1. The number of likely N-dealkylation sites (tertiary alicyclic amines) is 1. The average molecular weight is 1060 g/mol. The minimum absolute atomic E-state index is 0.00927. The number of likely N-dealkylation sites (N-methyl/N-ethyl adjacent to an activating group) is 3. The first kappa shape index (κ1) is 60.5. The molecule has 1 heterocycles. The Hall–Kier alpha value is -7.40. The van der Waals surface area contributed by atoms with Crippen molar-refractivity contribution in [3.05, 3.63) is 144 Å². The number of carboxylic acid groups (broad SMARTS) is 1. The number of nitrogens with one attached hydrogen (secondary N) is 1. The van der Waals surface area contributed by atoms with E-state index in [1.54, 1.807) is 67.7 Å². The van der Waals surface area contributed by atoms with E-state index in [2.05, 4.69) is 5.32 Å². The summed E-state index contributed by atoms with van der Waals surface area (Å²) < 4.78 is 23.6. The molecule has 4 aromatic rings. The molecule has 1 aliphatic heterocycles. The summed E-state index contributed by atoms with van der Waals surface area (Å²) in [4.78, 5) is 116. The van der Waals surface area contributed by atoms with Crippen molar-refractivity contribution in [2.24, 2.45) is 5.92 Å². The van der Waals surface area contributed by atoms with Gasteiger partial charge in [0.25, 0.3) is 17.7 Å². The second-order valence-corrected chi connectivity index (χ2v) is 20.0. The molecule has 3 amide bonds. The highest BCUT2D eigenvalue weighted by molar-refractivity contribution is 5.93. The van der Waals surface area contributed by atoms with Crippen LogP contribution in [0, 0.1) is 5.92 Å². The molecule has 1 fully saturated rings. The van der Waals surface area contributed by atoms with Crippen LogP contribution >= 0.6 is 0 Å². The van der Waals surface area contributed by atoms with Gasteiger partial charge in [-0.05, 0) is 80.7 Å². The smallest absolute Gasteiger partial charge is 0.344 e. The zero-order valence-corrected chi connectivity index (χ0v) is 45.4. The summed E-state index contributed by atoms with van der Waals surface area (Å²) >= 11 is 0. The fraction of sp³-hybridized carbons (Fsp3) is 0.467. The molecule has 1 saturated heterocycles. The Morgan fingerprint density at radius 2 is 1.03 bits per heavy atom. The van der Waals surface area contributed by atoms with E-state index in [9.17, 15) is 38.7 Å². The van der Waals surface area contributed by atoms with Gasteiger partial charge in [0.05, 0.1) is 0 Å². The average Bonchev–Trinajstić information content (AvgIpc) is 3.43. The lowest BCUT2D eigenvalue weighted by molar-refractivity contribution is -0.176. The molecular weight excluding hydrogens is 985 g/mol. The highest BCUT2D eigenvalue weighted by Gasteiger charge is 2.43. The van der Waals surface area contributed by atoms with Crippen molar-refractivity contribution >= 4 is 47.6 Å². The van der Waals surface area contributed by atoms with Gasteiger partial charge >= 0.3 is 29.8 Å². The molecule has 17 nitrogen and oxygen atoms in total. The second kappa shape index (κ2) is 30.4. The molecule has 8 atom stereocenters. The molecule has 1 aliphatic rings. The topological polar surface area (TPSA) is 215 Å². The number of hydrogen-bond acceptors (Lipinski definition) is 13. The van der Waals surface area contributed by atoms with Crippen molar-refractivity contribution in [1.29, 1.82) is 0 Å². The zero-order chi connectivity index (χ0) is 56.0. The van der Waals surface area contributed by atoms with Crippen molar-refractivity contribution in [2.75, 3.05) is 27.7 Å². The largest absolute Gasteiger partial charge is 0.479 e. The molecule has 0 unspecified atom stereocenters. The van der Waals surface area contributed by atoms with Crippen LogP contribution in [0.15, 0.2) is 121 Å². The van der Waals surface area contributed by atoms with E-state index in [4.69, 9.17) is 18.9 Å². The maximum absolute atomic E-state index is 15.0. The molecule has 0 aliphatic carbocycles. The van der Waals surface area contributed by atoms with Gasteiger partial charge < -0.3 is 44.1 Å². The lowest BCUT2D eigenvalue weighted by Gasteiger charge is -2.37. The molecular formula is C60H76N4O13. The Balaban J connectivity index is 1.44. The number of piperidine rings is 1. The monoisotopic (exact) mass is 1060 g/mol. The fourth-order valence-electron chi connectivity index (χ4n) is 9.25. The van der Waals surface area contributed by atoms with Crippen molar-refractivity contribution < 1.29 is 62.4 Å². The lowest BCUT2D eigenvalue weighted by Crippen LogP contribution is -2.55. The second-order valence-electron chi connectivity index (χ2n) is 20.0. The number of ether oxygens (including phenoxy) is 4. The van der Waals surface area contributed by atoms with Crippen LogP contribution in [0.5, 0.6) is 0 Å². The molecule has 77 heavy (non-hydrogen) atoms. The van der Waals surface area contributed by atoms with E-state index in [0.717, 1.165) is 5.56 Å². The predicted octanol–water partition coefficient (Wildman–Crippen LogP) is 6.57. The number of aliphatic carboxylic acids is 1. The first-order valence-electron chi connectivity index (χ1n) is 26.6. The Bertz CT molecular complexity index is 2550. The number of nitrogens with zero attached hydrogens (tertiary/aromatic N) is 3. The Morgan fingerprint density at radius 3 is 1.48 bits per heavy atom. The number of carbonyl (C=O) groups excluding carboxylic acids is 7. The van der Waals surface area contributed by atoms with E-state index in [1.165, 1.54) is 35.7 Å². The zero-order valence-electron chi connectivity index (χ0n) is 45.4. The first-order valence-corrected chi connectivity index (χ1v) is 26.6. The maximum Gasteiger partial charge on any atom is 0.344 e. The van der Waals surface area contributed by atoms with Gasteiger partial charge in [-0.25, -0.2) is 19.2 Å². The third-order valence-electron chi connectivity index (χ3n) is 13.7. The van der Waals surface area contributed by atoms with E-state index in [1.807, 2.05) is 81.4 Å². The predicted molar refractivity (Wildman–Crippen MR) is 288 cm³/mol. The molecule has 2 N–H and O–H groups in total. The van der Waals surface area contributed by atoms with Crippen molar-refractivity contribution in [2.45, 2.75) is 147 Å². The SMILES string of the molecule is CCCC[C@@H](C(=O)O[C@H](Cc1ccccc1)C(=O)N(C)[C@@H](CC(C)C)C(=O)O[C@H](Cc1ccccc1)C(=O)N1CCCC[C@H]1C(=O)O[C@H](C)C(=O)O)N(C)C(=O)[C@@H](Cc1ccccc1)OC(=O)[C@H](Cc1ccccc1)NC. The number of rotatable bonds is 28. The minimum atomic E-state index is -1.52. The van der Waals surface area contributed by atoms with Crippen molar-refractivity contribution in [3.8, 4) is 0 Å². The van der Waals surface area contributed by atoms with Crippen LogP contribution in [0.25, 0.3) is 0 Å². The number of benzene rings is 4. The van der Waals surface area contributed by atoms with E-state index in [0.29, 0.717) is 48.8 Å². The van der Waals surface area contributed by atoms with E-state index >= 15 is 4.79 Å². The van der Waals surface area contributed by atoms with E-state index in [-0.39, 0.29) is 51.0 Å². The highest BCUT2D eigenvalue weighted by Crippen LogP contribution is 2.25. The Kier molecular flexibility index (Phi) is 23.8. The molecule has 5 rings (SSSR count). The van der Waals surface area contributed by atoms with Crippen LogP contribution in [0.3, 0.4) is 0 Å². The summed E-state index contributed by atoms with van der Waals surface area (Å²) in [6.07, 6.45) is -3.05. The number of esters is 4. The third kappa shape index (κ3) is 18.1. The molecule has 0 bridgehead atoms. The van der Waals surface area contributed by atoms with Gasteiger partial charge in [-0.3, -0.25) is 19.2 Å². The molecule has 0 spiro atoms. The summed E-state index contributed by atoms with van der Waals surface area (Å²) in [6.45, 7) is 6.97. The van der Waals surface area contributed by atoms with Gasteiger partial charge in [-0.2, -0.15) is 0 Å². The fourth-order valence-corrected chi connectivity index (χ4v) is 9.25. The molecule has 414 valence electrons. The first-order chi connectivity index (χ1) is 36.9. The normalized spacial score (nSPS) is 16.1. The Morgan fingerprint density at radius 1 is 0.597 bits per heavy atom. The molecule has 17 heteroatoms. The molecule has 0 aromatic heterocycles. The van der Waals surface area contributed by atoms with Crippen molar-refractivity contribution in [1.82, 2.24) is 20.0 Å². The summed E-state index contributed by atoms with van der Waals surface area (Å²) in [5.74, 6) is -6.99. The van der Waals surface area contributed by atoms with Crippen LogP contribution in [-0.4, -0.2) is 144 Å². The minimum Gasteiger partial charge on any atom is -0.479 e. The lowest BCUT2D eigenvalue weighted by atomic mass is 9.99. The summed E-state index contributed by atoms with van der Waals surface area (Å²) in [7, 11) is 4.48. The summed E-state index contributed by atoms with van der Waals surface area (Å²) in [5.41, 5.74) is 2.88. The van der Waals surface area contributed by atoms with Gasteiger partial charge in [0, 0.05) is 39.9 Å². The third-order valence-corrected chi connectivity index (χ3v) is 13.7. The molecule has 4 aromatic carbocycles. The van der Waals surface area contributed by atoms with Crippen molar-refractivity contribution in [3.63, 3.8) is 0 Å². The van der Waals surface area contributed by atoms with Crippen LogP contribution in [0.4, 0.5) is 0 Å². The quantitative estimate of drug-likeness (QED) is 0.0455. The van der Waals surface area contributed by atoms with Gasteiger partial charge in [0.1, 0.15) is 24.2 Å². The van der Waals surface area contributed by atoms with Gasteiger partial charge in [-0.1, -0.05) is 155 Å². The summed E-state index contributed by atoms with van der Waals surface area (Å²) in [6, 6.07) is 31.7. The van der Waals surface area contributed by atoms with Gasteiger partial charge in [-0.15, -0.1) is 0 Å². The van der Waals surface area contributed by atoms with Gasteiger partial charge in [0.15, 0.2) is 24.4 Å². The van der Waals surface area contributed by atoms with Gasteiger partial charge in [0.2, 0.25) is 0 Å². The highest BCUT2D eigenvalue weighted by atomic mass is 16.6. The maximum atomic E-state index is 15.0. The number of carboxylic acids is 1. The summed E-state index contributed by atoms with van der Waals surface area (Å²) in [5, 5.41) is 12.4. The van der Waals surface area contributed by atoms with Crippen LogP contribution in [-0.2, 0) is 83.0 Å². The number of amides is 3. The molecule has 0 saturated carbocycles. The van der Waals surface area contributed by atoms with Crippen LogP contribution in [0.2, 0.25) is 0 Å². The Labute approximate surface area is 452 Å². The number of carbonyl (C=O) groups is 8. The molecule has 0 radical (unpaired) electrons. The number of unbranched alkanes of at least 4 members (excludes halogenated alkanes) is 1.